The van der Waals surface area contributed by atoms with Crippen LogP contribution in [0, 0.1) is 5.82 Å². The number of carbonyl (C=O) groups is 3. The topological polar surface area (TPSA) is 69.7 Å². The highest BCUT2D eigenvalue weighted by molar-refractivity contribution is 6.00. The van der Waals surface area contributed by atoms with Crippen LogP contribution in [0.5, 0.6) is 0 Å². The van der Waals surface area contributed by atoms with Crippen molar-refractivity contribution in [3.8, 4) is 0 Å². The van der Waals surface area contributed by atoms with Gasteiger partial charge in [0.05, 0.1) is 17.7 Å². The smallest absolute Gasteiger partial charge is 0.343 e. The molecular formula is C25H21F4N3O3. The zero-order valence-corrected chi connectivity index (χ0v) is 18.4. The fraction of sp³-hybridized carbons (Fsp3) is 0.240. The van der Waals surface area contributed by atoms with Crippen molar-refractivity contribution in [2.45, 2.75) is 6.18 Å². The quantitative estimate of drug-likeness (QED) is 0.571. The van der Waals surface area contributed by atoms with Crippen LogP contribution in [-0.4, -0.2) is 60.2 Å². The van der Waals surface area contributed by atoms with E-state index in [1.807, 2.05) is 30.3 Å². The summed E-state index contributed by atoms with van der Waals surface area (Å²) in [5.74, 6) is -2.69. The van der Waals surface area contributed by atoms with Crippen LogP contribution in [-0.2, 0) is 11.0 Å². The van der Waals surface area contributed by atoms with E-state index < -0.39 is 34.9 Å². The Labute approximate surface area is 198 Å². The molecule has 0 bridgehead atoms. The zero-order valence-electron chi connectivity index (χ0n) is 18.4. The molecule has 3 amide bonds. The van der Waals surface area contributed by atoms with Crippen LogP contribution in [0.3, 0.4) is 0 Å². The normalized spacial score (nSPS) is 14.2. The van der Waals surface area contributed by atoms with Gasteiger partial charge >= 0.3 is 6.18 Å². The van der Waals surface area contributed by atoms with Crippen LogP contribution in [0.2, 0.25) is 0 Å². The number of hydrogen-bond donors (Lipinski definition) is 1. The third kappa shape index (κ3) is 5.42. The van der Waals surface area contributed by atoms with Crippen LogP contribution in [0.25, 0.3) is 10.8 Å². The number of carbonyl (C=O) groups excluding carboxylic acids is 3. The second kappa shape index (κ2) is 9.73. The number of benzene rings is 3. The molecule has 35 heavy (non-hydrogen) atoms. The first kappa shape index (κ1) is 24.2. The summed E-state index contributed by atoms with van der Waals surface area (Å²) >= 11 is 0. The molecule has 3 aromatic carbocycles. The first-order valence-corrected chi connectivity index (χ1v) is 10.8. The molecule has 3 aromatic rings. The fourth-order valence-corrected chi connectivity index (χ4v) is 3.97. The molecule has 0 aromatic heterocycles. The minimum Gasteiger partial charge on any atom is -0.343 e. The number of piperazine rings is 1. The fourth-order valence-electron chi connectivity index (χ4n) is 3.97. The highest BCUT2D eigenvalue weighted by Gasteiger charge is 2.37. The van der Waals surface area contributed by atoms with Crippen LogP contribution < -0.4 is 5.32 Å². The molecule has 10 heteroatoms. The van der Waals surface area contributed by atoms with E-state index in [9.17, 15) is 31.9 Å². The molecule has 182 valence electrons. The van der Waals surface area contributed by atoms with Crippen molar-refractivity contribution in [2.75, 3.05) is 32.7 Å². The highest BCUT2D eigenvalue weighted by Crippen LogP contribution is 2.33. The van der Waals surface area contributed by atoms with Crippen molar-refractivity contribution in [3.63, 3.8) is 0 Å². The summed E-state index contributed by atoms with van der Waals surface area (Å²) < 4.78 is 53.3. The lowest BCUT2D eigenvalue weighted by atomic mass is 10.0. The molecule has 0 spiro atoms. The number of nitrogens with zero attached hydrogens (tertiary/aromatic N) is 2. The second-order valence-electron chi connectivity index (χ2n) is 8.11. The average Bonchev–Trinajstić information content (AvgIpc) is 2.85. The highest BCUT2D eigenvalue weighted by atomic mass is 19.4. The Bertz CT molecular complexity index is 1280. The van der Waals surface area contributed by atoms with E-state index in [1.165, 1.54) is 4.90 Å². The van der Waals surface area contributed by atoms with Gasteiger partial charge in [-0.2, -0.15) is 13.2 Å². The summed E-state index contributed by atoms with van der Waals surface area (Å²) in [6.07, 6.45) is -4.81. The van der Waals surface area contributed by atoms with Crippen molar-refractivity contribution < 1.29 is 31.9 Å². The molecule has 1 N–H and O–H groups in total. The number of nitrogens with one attached hydrogen (secondary N) is 1. The van der Waals surface area contributed by atoms with Crippen LogP contribution in [0.1, 0.15) is 26.3 Å². The predicted octanol–water partition coefficient (Wildman–Crippen LogP) is 3.71. The van der Waals surface area contributed by atoms with Crippen molar-refractivity contribution in [2.24, 2.45) is 0 Å². The lowest BCUT2D eigenvalue weighted by Crippen LogP contribution is -2.52. The predicted molar refractivity (Wildman–Crippen MR) is 120 cm³/mol. The lowest BCUT2D eigenvalue weighted by molar-refractivity contribution is -0.138. The molecule has 1 aliphatic heterocycles. The minimum atomic E-state index is -4.81. The second-order valence-corrected chi connectivity index (χ2v) is 8.11. The van der Waals surface area contributed by atoms with Crippen molar-refractivity contribution in [1.29, 1.82) is 0 Å². The van der Waals surface area contributed by atoms with E-state index in [4.69, 9.17) is 0 Å². The van der Waals surface area contributed by atoms with Crippen LogP contribution in [0.4, 0.5) is 17.6 Å². The Morgan fingerprint density at radius 3 is 2.17 bits per heavy atom. The van der Waals surface area contributed by atoms with Gasteiger partial charge in [0.2, 0.25) is 5.91 Å². The molecule has 1 aliphatic rings. The molecule has 1 fully saturated rings. The maximum absolute atomic E-state index is 13.6. The Hall–Kier alpha value is -3.95. The Morgan fingerprint density at radius 1 is 0.829 bits per heavy atom. The Balaban J connectivity index is 1.33. The molecule has 6 nitrogen and oxygen atoms in total. The van der Waals surface area contributed by atoms with E-state index in [1.54, 1.807) is 12.1 Å². The van der Waals surface area contributed by atoms with E-state index in [0.717, 1.165) is 15.7 Å². The molecule has 0 aliphatic carbocycles. The summed E-state index contributed by atoms with van der Waals surface area (Å²) in [4.78, 5) is 40.2. The average molecular weight is 487 g/mol. The van der Waals surface area contributed by atoms with Gasteiger partial charge in [-0.05, 0) is 41.1 Å². The third-order valence-corrected chi connectivity index (χ3v) is 5.85. The molecule has 1 heterocycles. The zero-order chi connectivity index (χ0) is 25.2. The number of alkyl halides is 3. The first-order chi connectivity index (χ1) is 16.6. The largest absolute Gasteiger partial charge is 0.417 e. The molecule has 0 radical (unpaired) electrons. The Morgan fingerprint density at radius 2 is 1.49 bits per heavy atom. The van der Waals surface area contributed by atoms with E-state index in [2.05, 4.69) is 5.32 Å². The summed E-state index contributed by atoms with van der Waals surface area (Å²) in [6, 6.07) is 14.5. The monoisotopic (exact) mass is 487 g/mol. The van der Waals surface area contributed by atoms with E-state index in [0.29, 0.717) is 23.8 Å². The summed E-state index contributed by atoms with van der Waals surface area (Å²) in [5.41, 5.74) is -1.57. The molecule has 4 rings (SSSR count). The molecule has 0 atom stereocenters. The van der Waals surface area contributed by atoms with Gasteiger partial charge in [-0.3, -0.25) is 14.4 Å². The molecule has 0 unspecified atom stereocenters. The minimum absolute atomic E-state index is 0.0169. The van der Waals surface area contributed by atoms with Gasteiger partial charge in [0.15, 0.2) is 0 Å². The van der Waals surface area contributed by atoms with Gasteiger partial charge in [0, 0.05) is 31.7 Å². The number of halogens is 4. The maximum atomic E-state index is 13.6. The van der Waals surface area contributed by atoms with Crippen molar-refractivity contribution in [3.05, 3.63) is 83.2 Å². The Kier molecular flexibility index (Phi) is 6.72. The standard InChI is InChI=1S/C25H21F4N3O3/c26-19-7-8-21(25(27,28)29)20(14-19)24(35)32-11-9-31(10-12-32)22(33)15-30-23(34)18-6-5-16-3-1-2-4-17(16)13-18/h1-8,13-14H,9-12,15H2,(H,30,34). The molecular weight excluding hydrogens is 466 g/mol. The van der Waals surface area contributed by atoms with Gasteiger partial charge < -0.3 is 15.1 Å². The molecule has 0 saturated carbocycles. The summed E-state index contributed by atoms with van der Waals surface area (Å²) in [6.45, 7) is -0.143. The van der Waals surface area contributed by atoms with Gasteiger partial charge in [-0.15, -0.1) is 0 Å². The van der Waals surface area contributed by atoms with Gasteiger partial charge in [0.25, 0.3) is 11.8 Å². The van der Waals surface area contributed by atoms with Crippen LogP contribution in [0.15, 0.2) is 60.7 Å². The van der Waals surface area contributed by atoms with E-state index in [-0.39, 0.29) is 38.6 Å². The summed E-state index contributed by atoms with van der Waals surface area (Å²) in [5, 5.41) is 4.44. The van der Waals surface area contributed by atoms with E-state index >= 15 is 0 Å². The first-order valence-electron chi connectivity index (χ1n) is 10.8. The van der Waals surface area contributed by atoms with Crippen molar-refractivity contribution in [1.82, 2.24) is 15.1 Å². The van der Waals surface area contributed by atoms with Crippen LogP contribution >= 0.6 is 0 Å². The maximum Gasteiger partial charge on any atom is 0.417 e. The third-order valence-electron chi connectivity index (χ3n) is 5.85. The number of hydrogen-bond acceptors (Lipinski definition) is 3. The van der Waals surface area contributed by atoms with Crippen molar-refractivity contribution >= 4 is 28.5 Å². The molecule has 1 saturated heterocycles. The lowest BCUT2D eigenvalue weighted by Gasteiger charge is -2.35. The number of rotatable bonds is 4. The number of amides is 3. The van der Waals surface area contributed by atoms with Gasteiger partial charge in [0.1, 0.15) is 5.82 Å². The van der Waals surface area contributed by atoms with Gasteiger partial charge in [-0.1, -0.05) is 30.3 Å². The number of fused-ring (bicyclic) bond motifs is 1. The van der Waals surface area contributed by atoms with Gasteiger partial charge in [-0.25, -0.2) is 4.39 Å². The SMILES string of the molecule is O=C(NCC(=O)N1CCN(C(=O)c2cc(F)ccc2C(F)(F)F)CC1)c1ccc2ccccc2c1. The summed E-state index contributed by atoms with van der Waals surface area (Å²) in [7, 11) is 0.